The number of halogens is 1. The Morgan fingerprint density at radius 3 is 2.48 bits per heavy atom. The molecule has 0 amide bonds. The van der Waals surface area contributed by atoms with Gasteiger partial charge in [-0.2, -0.15) is 0 Å². The Balaban J connectivity index is 2.39. The van der Waals surface area contributed by atoms with Gasteiger partial charge in [0.15, 0.2) is 0 Å². The van der Waals surface area contributed by atoms with E-state index in [9.17, 15) is 14.9 Å². The predicted octanol–water partition coefficient (Wildman–Crippen LogP) is 4.05. The van der Waals surface area contributed by atoms with E-state index in [1.165, 1.54) is 30.3 Å². The number of nitrogens with zero attached hydrogens (tertiary/aromatic N) is 1. The minimum atomic E-state index is -1.12. The van der Waals surface area contributed by atoms with Gasteiger partial charge in [0.2, 0.25) is 5.75 Å². The minimum absolute atomic E-state index is 0.00533. The molecule has 0 saturated heterocycles. The zero-order valence-corrected chi connectivity index (χ0v) is 11.6. The Labute approximate surface area is 124 Å². The molecule has 0 aliphatic heterocycles. The van der Waals surface area contributed by atoms with Crippen LogP contribution in [0.4, 0.5) is 5.69 Å². The fraction of sp³-hybridized carbons (Fsp3) is 0.0714. The second kappa shape index (κ2) is 5.80. The van der Waals surface area contributed by atoms with Crippen molar-refractivity contribution in [3.8, 4) is 11.5 Å². The van der Waals surface area contributed by atoms with Crippen molar-refractivity contribution in [1.82, 2.24) is 0 Å². The molecule has 2 aromatic carbocycles. The van der Waals surface area contributed by atoms with Crippen LogP contribution in [-0.4, -0.2) is 16.0 Å². The highest BCUT2D eigenvalue weighted by Crippen LogP contribution is 2.35. The molecule has 21 heavy (non-hydrogen) atoms. The molecule has 0 aliphatic rings. The van der Waals surface area contributed by atoms with Crippen LogP contribution in [0.2, 0.25) is 5.02 Å². The molecule has 0 heterocycles. The zero-order chi connectivity index (χ0) is 15.6. The molecule has 0 aromatic heterocycles. The molecule has 2 aromatic rings. The summed E-state index contributed by atoms with van der Waals surface area (Å²) in [6.45, 7) is 1.73. The molecule has 7 heteroatoms. The third kappa shape index (κ3) is 3.29. The van der Waals surface area contributed by atoms with Gasteiger partial charge in [-0.3, -0.25) is 10.1 Å². The number of nitro groups is 1. The number of rotatable bonds is 4. The Morgan fingerprint density at radius 2 is 1.90 bits per heavy atom. The highest BCUT2D eigenvalue weighted by atomic mass is 35.5. The van der Waals surface area contributed by atoms with Crippen LogP contribution in [0.3, 0.4) is 0 Å². The summed E-state index contributed by atoms with van der Waals surface area (Å²) in [7, 11) is 0. The largest absolute Gasteiger partial charge is 0.478 e. The van der Waals surface area contributed by atoms with Crippen molar-refractivity contribution < 1.29 is 19.6 Å². The molecule has 0 radical (unpaired) electrons. The van der Waals surface area contributed by atoms with E-state index < -0.39 is 10.9 Å². The smallest absolute Gasteiger partial charge is 0.335 e. The van der Waals surface area contributed by atoms with Gasteiger partial charge in [0, 0.05) is 6.07 Å². The Hall–Kier alpha value is -2.60. The van der Waals surface area contributed by atoms with Gasteiger partial charge in [0.1, 0.15) is 5.75 Å². The highest BCUT2D eigenvalue weighted by molar-refractivity contribution is 6.32. The van der Waals surface area contributed by atoms with Crippen LogP contribution in [0.1, 0.15) is 15.9 Å². The second-order valence-corrected chi connectivity index (χ2v) is 4.69. The summed E-state index contributed by atoms with van der Waals surface area (Å²) in [6.07, 6.45) is 0. The fourth-order valence-corrected chi connectivity index (χ4v) is 1.91. The number of benzene rings is 2. The quantitative estimate of drug-likeness (QED) is 0.680. The molecular formula is C14H10ClNO5. The first-order valence-corrected chi connectivity index (χ1v) is 6.22. The number of nitro benzene ring substituents is 1. The van der Waals surface area contributed by atoms with E-state index in [1.54, 1.807) is 13.0 Å². The van der Waals surface area contributed by atoms with Gasteiger partial charge in [0.05, 0.1) is 15.5 Å². The first kappa shape index (κ1) is 14.8. The fourth-order valence-electron chi connectivity index (χ4n) is 1.69. The summed E-state index contributed by atoms with van der Waals surface area (Å²) < 4.78 is 5.42. The molecule has 0 aliphatic carbocycles. The zero-order valence-electron chi connectivity index (χ0n) is 10.9. The van der Waals surface area contributed by atoms with Gasteiger partial charge < -0.3 is 9.84 Å². The SMILES string of the molecule is Cc1ccc(Oc2ccc(C(=O)O)cc2Cl)c([N+](=O)[O-])c1. The maximum absolute atomic E-state index is 11.0. The lowest BCUT2D eigenvalue weighted by molar-refractivity contribution is -0.385. The van der Waals surface area contributed by atoms with Gasteiger partial charge >= 0.3 is 11.7 Å². The van der Waals surface area contributed by atoms with Crippen molar-refractivity contribution in [3.05, 3.63) is 62.7 Å². The van der Waals surface area contributed by atoms with Gasteiger partial charge in [-0.1, -0.05) is 17.7 Å². The van der Waals surface area contributed by atoms with E-state index in [1.807, 2.05) is 0 Å². The van der Waals surface area contributed by atoms with Crippen LogP contribution >= 0.6 is 11.6 Å². The Bertz CT molecular complexity index is 729. The molecule has 0 saturated carbocycles. The minimum Gasteiger partial charge on any atom is -0.478 e. The molecule has 0 unspecified atom stereocenters. The third-order valence-corrected chi connectivity index (χ3v) is 3.01. The molecule has 6 nitrogen and oxygen atoms in total. The Kier molecular flexibility index (Phi) is 4.09. The molecule has 0 fully saturated rings. The van der Waals surface area contributed by atoms with E-state index in [0.29, 0.717) is 0 Å². The van der Waals surface area contributed by atoms with Gasteiger partial charge in [-0.25, -0.2) is 4.79 Å². The van der Waals surface area contributed by atoms with Crippen molar-refractivity contribution in [1.29, 1.82) is 0 Å². The molecule has 108 valence electrons. The van der Waals surface area contributed by atoms with E-state index in [0.717, 1.165) is 5.56 Å². The molecule has 0 spiro atoms. The van der Waals surface area contributed by atoms with Crippen LogP contribution in [-0.2, 0) is 0 Å². The maximum atomic E-state index is 11.0. The highest BCUT2D eigenvalue weighted by Gasteiger charge is 2.17. The summed E-state index contributed by atoms with van der Waals surface area (Å²) in [5.74, 6) is -0.936. The van der Waals surface area contributed by atoms with E-state index >= 15 is 0 Å². The summed E-state index contributed by atoms with van der Waals surface area (Å²) in [5.41, 5.74) is 0.542. The number of hydrogen-bond donors (Lipinski definition) is 1. The van der Waals surface area contributed by atoms with Crippen LogP contribution in [0.15, 0.2) is 36.4 Å². The van der Waals surface area contributed by atoms with E-state index in [2.05, 4.69) is 0 Å². The summed E-state index contributed by atoms with van der Waals surface area (Å²) in [4.78, 5) is 21.3. The topological polar surface area (TPSA) is 89.7 Å². The summed E-state index contributed by atoms with van der Waals surface area (Å²) in [6, 6.07) is 8.41. The normalized spacial score (nSPS) is 10.2. The lowest BCUT2D eigenvalue weighted by Crippen LogP contribution is -1.97. The predicted molar refractivity (Wildman–Crippen MR) is 76.3 cm³/mol. The first-order valence-electron chi connectivity index (χ1n) is 5.84. The van der Waals surface area contributed by atoms with Gasteiger partial charge in [-0.05, 0) is 36.8 Å². The summed E-state index contributed by atoms with van der Waals surface area (Å²) in [5, 5.41) is 19.9. The number of ether oxygens (including phenoxy) is 1. The number of carbonyl (C=O) groups is 1. The second-order valence-electron chi connectivity index (χ2n) is 4.28. The summed E-state index contributed by atoms with van der Waals surface area (Å²) >= 11 is 5.93. The molecular weight excluding hydrogens is 298 g/mol. The third-order valence-electron chi connectivity index (χ3n) is 2.71. The monoisotopic (exact) mass is 307 g/mol. The van der Waals surface area contributed by atoms with Crippen LogP contribution < -0.4 is 4.74 Å². The lowest BCUT2D eigenvalue weighted by Gasteiger charge is -2.09. The van der Waals surface area contributed by atoms with E-state index in [4.69, 9.17) is 21.4 Å². The number of hydrogen-bond acceptors (Lipinski definition) is 4. The average Bonchev–Trinajstić information content (AvgIpc) is 2.42. The van der Waals surface area contributed by atoms with Crippen molar-refractivity contribution in [2.45, 2.75) is 6.92 Å². The van der Waals surface area contributed by atoms with Crippen LogP contribution in [0.25, 0.3) is 0 Å². The number of carboxylic acids is 1. The van der Waals surface area contributed by atoms with Gasteiger partial charge in [-0.15, -0.1) is 0 Å². The molecule has 2 rings (SSSR count). The van der Waals surface area contributed by atoms with E-state index in [-0.39, 0.29) is 27.8 Å². The Morgan fingerprint density at radius 1 is 1.24 bits per heavy atom. The van der Waals surface area contributed by atoms with Crippen molar-refractivity contribution in [2.75, 3.05) is 0 Å². The van der Waals surface area contributed by atoms with Crippen LogP contribution in [0.5, 0.6) is 11.5 Å². The lowest BCUT2D eigenvalue weighted by atomic mass is 10.2. The van der Waals surface area contributed by atoms with Crippen LogP contribution in [0, 0.1) is 17.0 Å². The number of aryl methyl sites for hydroxylation is 1. The first-order chi connectivity index (χ1) is 9.88. The maximum Gasteiger partial charge on any atom is 0.335 e. The molecule has 0 bridgehead atoms. The standard InChI is InChI=1S/C14H10ClNO5/c1-8-2-4-13(11(6-8)16(19)20)21-12-5-3-9(14(17)18)7-10(12)15/h2-7H,1H3,(H,17,18). The van der Waals surface area contributed by atoms with Gasteiger partial charge in [0.25, 0.3) is 0 Å². The van der Waals surface area contributed by atoms with Crippen molar-refractivity contribution in [3.63, 3.8) is 0 Å². The number of carboxylic acid groups (broad SMARTS) is 1. The molecule has 0 atom stereocenters. The average molecular weight is 308 g/mol. The number of aromatic carboxylic acids is 1. The van der Waals surface area contributed by atoms with Crippen molar-refractivity contribution >= 4 is 23.3 Å². The van der Waals surface area contributed by atoms with Crippen molar-refractivity contribution in [2.24, 2.45) is 0 Å². The molecule has 1 N–H and O–H groups in total.